The molecule has 540 valence electrons. The lowest BCUT2D eigenvalue weighted by molar-refractivity contribution is -0.306. The van der Waals surface area contributed by atoms with Crippen molar-refractivity contribution in [1.29, 1.82) is 0 Å². The zero-order chi connectivity index (χ0) is 68.2. The summed E-state index contributed by atoms with van der Waals surface area (Å²) in [6, 6.07) is -9.18. The van der Waals surface area contributed by atoms with Crippen LogP contribution in [0.15, 0.2) is 0 Å². The molecule has 8 rings (SSSR count). The van der Waals surface area contributed by atoms with E-state index in [9.17, 15) is 61.3 Å². The molecule has 8 fully saturated rings. The van der Waals surface area contributed by atoms with Gasteiger partial charge in [-0.1, -0.05) is 0 Å². The minimum atomic E-state index is -1.71. The highest BCUT2D eigenvalue weighted by Crippen LogP contribution is 2.37. The quantitative estimate of drug-likeness (QED) is 0.0315. The van der Waals surface area contributed by atoms with Gasteiger partial charge in [-0.2, -0.15) is 0 Å². The number of hydrogen-bond donors (Lipinski definition) is 28. The van der Waals surface area contributed by atoms with Crippen LogP contribution in [-0.4, -0.2) is 356 Å². The Morgan fingerprint density at radius 3 is 0.849 bits per heavy atom. The molecule has 2 saturated carbocycles. The first-order valence-corrected chi connectivity index (χ1v) is 31.8. The third-order valence-electron chi connectivity index (χ3n) is 18.2. The molecule has 42 heteroatoms. The monoisotopic (exact) mass is 1380 g/mol. The molecular formula is C51H100N16O24S2. The average molecular weight is 1390 g/mol. The lowest BCUT2D eigenvalue weighted by Gasteiger charge is -2.47. The first kappa shape index (κ1) is 76.7. The molecule has 0 aromatic heterocycles. The Balaban J connectivity index is 0.876. The van der Waals surface area contributed by atoms with Crippen molar-refractivity contribution in [3.05, 3.63) is 0 Å². The Morgan fingerprint density at radius 2 is 0.570 bits per heavy atom. The van der Waals surface area contributed by atoms with Crippen molar-refractivity contribution in [2.24, 2.45) is 68.8 Å². The molecule has 0 aromatic carbocycles. The van der Waals surface area contributed by atoms with E-state index in [2.05, 4.69) is 21.3 Å². The summed E-state index contributed by atoms with van der Waals surface area (Å²) >= 11 is 11.2. The van der Waals surface area contributed by atoms with Crippen molar-refractivity contribution in [1.82, 2.24) is 21.3 Å². The van der Waals surface area contributed by atoms with Crippen molar-refractivity contribution in [3.63, 3.8) is 0 Å². The molecule has 8 aliphatic rings. The van der Waals surface area contributed by atoms with Crippen LogP contribution in [0, 0.1) is 0 Å². The van der Waals surface area contributed by atoms with Gasteiger partial charge in [0, 0.05) is 76.5 Å². The summed E-state index contributed by atoms with van der Waals surface area (Å²) in [7, 11) is 0. The second-order valence-corrected chi connectivity index (χ2v) is 25.6. The van der Waals surface area contributed by atoms with Gasteiger partial charge < -0.3 is 208 Å². The zero-order valence-electron chi connectivity index (χ0n) is 50.7. The van der Waals surface area contributed by atoms with Gasteiger partial charge in [-0.05, 0) is 43.7 Å². The molecular weight excluding hydrogens is 1280 g/mol. The molecule has 2 aliphatic carbocycles. The largest absolute Gasteiger partial charge is 0.389 e. The Kier molecular flexibility index (Phi) is 27.9. The van der Waals surface area contributed by atoms with E-state index in [4.69, 9.17) is 150 Å². The van der Waals surface area contributed by atoms with Crippen LogP contribution in [0.3, 0.4) is 0 Å². The lowest BCUT2D eigenvalue weighted by Crippen LogP contribution is -2.68. The predicted molar refractivity (Wildman–Crippen MR) is 324 cm³/mol. The fourth-order valence-corrected chi connectivity index (χ4v) is 12.9. The van der Waals surface area contributed by atoms with Gasteiger partial charge in [0.1, 0.15) is 134 Å². The summed E-state index contributed by atoms with van der Waals surface area (Å²) in [5.41, 5.74) is 73.7. The van der Waals surface area contributed by atoms with E-state index in [0.29, 0.717) is 6.42 Å². The third kappa shape index (κ3) is 17.4. The van der Waals surface area contributed by atoms with E-state index >= 15 is 0 Å². The molecule has 0 bridgehead atoms. The summed E-state index contributed by atoms with van der Waals surface area (Å²) in [6.07, 6.45) is -42.1. The van der Waals surface area contributed by atoms with Gasteiger partial charge >= 0.3 is 0 Å². The zero-order valence-corrected chi connectivity index (χ0v) is 52.4. The molecule has 38 atom stereocenters. The number of hydrogen-bond acceptors (Lipinski definition) is 38. The van der Waals surface area contributed by atoms with E-state index in [-0.39, 0.29) is 75.4 Å². The molecule has 40 N–H and O–H groups in total. The molecule has 0 aromatic rings. The van der Waals surface area contributed by atoms with Crippen LogP contribution in [0.1, 0.15) is 19.3 Å². The Labute approximate surface area is 545 Å². The number of rotatable bonds is 24. The van der Waals surface area contributed by atoms with Crippen LogP contribution >= 0.6 is 24.4 Å². The van der Waals surface area contributed by atoms with Gasteiger partial charge in [-0.15, -0.1) is 0 Å². The summed E-state index contributed by atoms with van der Waals surface area (Å²) in [5, 5.41) is 144. The van der Waals surface area contributed by atoms with Gasteiger partial charge in [0.2, 0.25) is 0 Å². The lowest BCUT2D eigenvalue weighted by atomic mass is 9.84. The van der Waals surface area contributed by atoms with E-state index < -0.39 is 233 Å². The van der Waals surface area contributed by atoms with Gasteiger partial charge in [-0.25, -0.2) is 0 Å². The van der Waals surface area contributed by atoms with Crippen molar-refractivity contribution in [2.45, 2.75) is 252 Å². The van der Waals surface area contributed by atoms with Crippen LogP contribution in [0.2, 0.25) is 0 Å². The van der Waals surface area contributed by atoms with Crippen LogP contribution in [0.5, 0.6) is 0 Å². The normalized spacial score (nSPS) is 49.7. The molecule has 6 saturated heterocycles. The van der Waals surface area contributed by atoms with Gasteiger partial charge in [0.25, 0.3) is 0 Å². The Morgan fingerprint density at radius 1 is 0.312 bits per heavy atom. The number of thiocarbonyl (C=S) groups is 2. The number of aliphatic hydroxyl groups is 12. The first-order valence-electron chi connectivity index (χ1n) is 31.0. The van der Waals surface area contributed by atoms with Gasteiger partial charge in [0.15, 0.2) is 48.0 Å². The van der Waals surface area contributed by atoms with Crippen LogP contribution in [-0.2, 0) is 56.8 Å². The smallest absolute Gasteiger partial charge is 0.187 e. The molecule has 0 radical (unpaired) electrons. The molecule has 6 heterocycles. The van der Waals surface area contributed by atoms with E-state index in [1.165, 1.54) is 0 Å². The molecule has 40 nitrogen and oxygen atoms in total. The predicted octanol–water partition coefficient (Wildman–Crippen LogP) is -17.4. The number of nitrogens with two attached hydrogens (primary N) is 12. The number of aliphatic hydroxyl groups excluding tert-OH is 12. The second kappa shape index (κ2) is 33.9. The standard InChI is InChI=1S/C51H100N16O24S2/c52-6-16-28(70)32(74)22(60)44(80-16)86-38-14(58)4-12(56)26(68)42(38)90-48-36(78)40(88-46-24(62)34(76)30(72)18(8-54)82-46)20(84-48)10-66-50(92)64-2-1-3-65-51(93)67-11-21-41(89-47-25(63)35(77)31(73)19(9-55)83-47)37(79)49(85-21)91-43-27(69)13(57)5-15(59)39(43)87-45-23(61)33(75)29(71)17(7-53)81-45/h12-49,68-79H,1-11,52-63H2,(H2,64,66,92)(H2,65,67,93)/t12-,13+,14?,15?,16?,17?,18+,19-,20-,21-,22?,23?,24?,25?,26?,27+,28?,29?,30?,31?,32-,33-,34?,35?,36+,37?,38?,39?,40?,41?,42-,43?,44-,45+,46-,47+,48+,49+/m1/s1. The highest BCUT2D eigenvalue weighted by Gasteiger charge is 2.57. The molecule has 93 heavy (non-hydrogen) atoms. The minimum Gasteiger partial charge on any atom is -0.389 e. The number of nitrogens with one attached hydrogen (secondary N) is 4. The van der Waals surface area contributed by atoms with Crippen molar-refractivity contribution in [2.75, 3.05) is 52.4 Å². The van der Waals surface area contributed by atoms with Crippen molar-refractivity contribution >= 4 is 34.7 Å². The third-order valence-corrected chi connectivity index (χ3v) is 18.8. The summed E-state index contributed by atoms with van der Waals surface area (Å²) in [5.74, 6) is 0. The van der Waals surface area contributed by atoms with Crippen molar-refractivity contribution < 1.29 is 118 Å². The van der Waals surface area contributed by atoms with Gasteiger partial charge in [-0.3, -0.25) is 0 Å². The van der Waals surface area contributed by atoms with Crippen LogP contribution in [0.25, 0.3) is 0 Å². The first-order chi connectivity index (χ1) is 44.0. The Hall–Kier alpha value is -2.06. The highest BCUT2D eigenvalue weighted by molar-refractivity contribution is 7.80. The maximum absolute atomic E-state index is 11.9. The second-order valence-electron chi connectivity index (χ2n) is 24.8. The Bertz CT molecular complexity index is 2200. The molecule has 21 unspecified atom stereocenters. The fraction of sp³-hybridized carbons (Fsp3) is 0.961. The van der Waals surface area contributed by atoms with E-state index in [1.54, 1.807) is 0 Å². The maximum atomic E-state index is 11.9. The van der Waals surface area contributed by atoms with E-state index in [1.807, 2.05) is 0 Å². The highest BCUT2D eigenvalue weighted by atomic mass is 32.1. The molecule has 0 spiro atoms. The van der Waals surface area contributed by atoms with Crippen LogP contribution < -0.4 is 90.1 Å². The number of ether oxygens (including phenoxy) is 12. The van der Waals surface area contributed by atoms with Crippen LogP contribution in [0.4, 0.5) is 0 Å². The summed E-state index contributed by atoms with van der Waals surface area (Å²) in [4.78, 5) is 0. The summed E-state index contributed by atoms with van der Waals surface area (Å²) < 4.78 is 73.0. The topological polar surface area (TPSA) is 714 Å². The minimum absolute atomic E-state index is 0.0125. The van der Waals surface area contributed by atoms with Gasteiger partial charge in [0.05, 0.1) is 36.4 Å². The SMILES string of the molecule is NCC1O[C@H](OC2C(N)C[C@@H](N)C(O)[C@H]2O[C@@H]2O[C@H](CNC(=S)NCCCNC(=S)NC[C@H]3O[C@@H](OC4C(O[C@@H]5OC(CN)C(O)[C@H](O)C5N)C(N)C[C@H](N)[C@@H]4O)C(O)C3O[C@@H]3O[C@H](CN)C(O)C(O)C3N)C(O[C@H]3O[C@@H](CN)C(O)C(O)C3N)[C@@H]2O)C(N)[C@@H](O)C1O. The summed E-state index contributed by atoms with van der Waals surface area (Å²) in [6.45, 7) is -0.837. The van der Waals surface area contributed by atoms with Crippen molar-refractivity contribution in [3.8, 4) is 0 Å². The average Bonchev–Trinajstić information content (AvgIpc) is 1.80. The fourth-order valence-electron chi connectivity index (χ4n) is 12.5. The van der Waals surface area contributed by atoms with E-state index in [0.717, 1.165) is 0 Å². The molecule has 0 amide bonds. The maximum Gasteiger partial charge on any atom is 0.187 e. The molecule has 6 aliphatic heterocycles.